The quantitative estimate of drug-likeness (QED) is 0.561. The van der Waals surface area contributed by atoms with Crippen molar-refractivity contribution in [2.75, 3.05) is 26.3 Å². The Balaban J connectivity index is 1.87. The van der Waals surface area contributed by atoms with Crippen LogP contribution in [0.25, 0.3) is 0 Å². The number of hydrogen-bond acceptors (Lipinski definition) is 5. The smallest absolute Gasteiger partial charge is 0.124 e. The summed E-state index contributed by atoms with van der Waals surface area (Å²) in [6.07, 6.45) is -0.714. The summed E-state index contributed by atoms with van der Waals surface area (Å²) in [7, 11) is 0. The van der Waals surface area contributed by atoms with Crippen LogP contribution in [0.3, 0.4) is 0 Å². The first-order valence-corrected chi connectivity index (χ1v) is 8.25. The fourth-order valence-electron chi connectivity index (χ4n) is 2.05. The zero-order valence-corrected chi connectivity index (χ0v) is 14.4. The molecule has 0 spiro atoms. The summed E-state index contributed by atoms with van der Waals surface area (Å²) in [6, 6.07) is 11.0. The van der Waals surface area contributed by atoms with Gasteiger partial charge in [0.1, 0.15) is 36.6 Å². The Morgan fingerprint density at radius 3 is 2.44 bits per heavy atom. The van der Waals surface area contributed by atoms with Gasteiger partial charge >= 0.3 is 0 Å². The molecule has 25 heavy (non-hydrogen) atoms. The molecule has 3 N–H and O–H groups in total. The molecule has 2 aromatic rings. The van der Waals surface area contributed by atoms with Crippen molar-refractivity contribution in [1.82, 2.24) is 5.32 Å². The summed E-state index contributed by atoms with van der Waals surface area (Å²) in [5, 5.41) is 21.8. The van der Waals surface area contributed by atoms with Crippen LogP contribution in [0, 0.1) is 5.82 Å². The predicted octanol–water partition coefficient (Wildman–Crippen LogP) is 2.38. The Kier molecular flexibility index (Phi) is 7.94. The van der Waals surface area contributed by atoms with Gasteiger partial charge in [0.2, 0.25) is 0 Å². The first-order valence-electron chi connectivity index (χ1n) is 7.87. The molecule has 0 heterocycles. The normalized spacial score (nSPS) is 12.0. The monoisotopic (exact) mass is 369 g/mol. The molecule has 7 heteroatoms. The van der Waals surface area contributed by atoms with Crippen molar-refractivity contribution in [3.8, 4) is 11.5 Å². The molecule has 1 atom stereocenters. The predicted molar refractivity (Wildman–Crippen MR) is 93.6 cm³/mol. The largest absolute Gasteiger partial charge is 0.491 e. The summed E-state index contributed by atoms with van der Waals surface area (Å²) < 4.78 is 24.1. The number of aliphatic hydroxyl groups is 2. The molecule has 0 radical (unpaired) electrons. The fourth-order valence-corrected chi connectivity index (χ4v) is 2.27. The molecule has 0 amide bonds. The van der Waals surface area contributed by atoms with Crippen molar-refractivity contribution in [2.24, 2.45) is 0 Å². The van der Waals surface area contributed by atoms with E-state index < -0.39 is 6.10 Å². The molecule has 2 aromatic carbocycles. The molecule has 0 aliphatic heterocycles. The average Bonchev–Trinajstić information content (AvgIpc) is 2.59. The molecule has 0 saturated heterocycles. The Morgan fingerprint density at radius 1 is 1.08 bits per heavy atom. The molecule has 136 valence electrons. The highest BCUT2D eigenvalue weighted by molar-refractivity contribution is 6.30. The van der Waals surface area contributed by atoms with Crippen molar-refractivity contribution in [3.05, 3.63) is 58.9 Å². The zero-order valence-electron chi connectivity index (χ0n) is 13.6. The lowest BCUT2D eigenvalue weighted by molar-refractivity contribution is 0.105. The van der Waals surface area contributed by atoms with Gasteiger partial charge in [-0.2, -0.15) is 0 Å². The van der Waals surface area contributed by atoms with Gasteiger partial charge in [0.15, 0.2) is 0 Å². The van der Waals surface area contributed by atoms with Gasteiger partial charge in [-0.1, -0.05) is 23.7 Å². The van der Waals surface area contributed by atoms with Crippen molar-refractivity contribution >= 4 is 11.6 Å². The van der Waals surface area contributed by atoms with E-state index in [1.54, 1.807) is 30.3 Å². The van der Waals surface area contributed by atoms with Gasteiger partial charge in [-0.25, -0.2) is 4.39 Å². The molecule has 0 aromatic heterocycles. The molecule has 2 rings (SSSR count). The van der Waals surface area contributed by atoms with Crippen LogP contribution in [0.5, 0.6) is 11.5 Å². The molecular weight excluding hydrogens is 349 g/mol. The van der Waals surface area contributed by atoms with E-state index in [9.17, 15) is 9.50 Å². The summed E-state index contributed by atoms with van der Waals surface area (Å²) >= 11 is 6.06. The lowest BCUT2D eigenvalue weighted by Gasteiger charge is -2.14. The number of rotatable bonds is 10. The third kappa shape index (κ3) is 7.27. The lowest BCUT2D eigenvalue weighted by atomic mass is 10.2. The van der Waals surface area contributed by atoms with Crippen LogP contribution >= 0.6 is 11.6 Å². The zero-order chi connectivity index (χ0) is 18.1. The average molecular weight is 370 g/mol. The van der Waals surface area contributed by atoms with E-state index in [0.717, 1.165) is 5.56 Å². The highest BCUT2D eigenvalue weighted by atomic mass is 35.5. The molecule has 0 bridgehead atoms. The maximum Gasteiger partial charge on any atom is 0.124 e. The number of ether oxygens (including phenoxy) is 2. The van der Waals surface area contributed by atoms with Crippen molar-refractivity contribution in [1.29, 1.82) is 0 Å². The first kappa shape index (κ1) is 19.5. The summed E-state index contributed by atoms with van der Waals surface area (Å²) in [5.41, 5.74) is 0.828. The van der Waals surface area contributed by atoms with E-state index in [-0.39, 0.29) is 25.6 Å². The highest BCUT2D eigenvalue weighted by Crippen LogP contribution is 2.26. The van der Waals surface area contributed by atoms with Crippen LogP contribution in [0.1, 0.15) is 5.56 Å². The van der Waals surface area contributed by atoms with E-state index in [2.05, 4.69) is 5.32 Å². The minimum Gasteiger partial charge on any atom is -0.491 e. The van der Waals surface area contributed by atoms with E-state index in [0.29, 0.717) is 29.6 Å². The van der Waals surface area contributed by atoms with E-state index >= 15 is 0 Å². The maximum absolute atomic E-state index is 12.9. The van der Waals surface area contributed by atoms with Crippen LogP contribution in [-0.4, -0.2) is 42.6 Å². The SMILES string of the molecule is OCCNC[C@@H](O)COc1cc(Cl)cc(OCc2ccc(F)cc2)c1. The van der Waals surface area contributed by atoms with Crippen LogP contribution in [0.15, 0.2) is 42.5 Å². The maximum atomic E-state index is 12.9. The molecule has 0 fully saturated rings. The number of aliphatic hydroxyl groups excluding tert-OH is 2. The van der Waals surface area contributed by atoms with Crippen molar-refractivity contribution < 1.29 is 24.1 Å². The van der Waals surface area contributed by atoms with Crippen LogP contribution < -0.4 is 14.8 Å². The van der Waals surface area contributed by atoms with Gasteiger partial charge in [0.05, 0.1) is 6.61 Å². The Labute approximate surface area is 151 Å². The van der Waals surface area contributed by atoms with Crippen LogP contribution in [0.4, 0.5) is 4.39 Å². The second-order valence-corrected chi connectivity index (χ2v) is 5.87. The molecule has 0 saturated carbocycles. The third-order valence-electron chi connectivity index (χ3n) is 3.27. The molecular formula is C18H21ClFNO4. The molecule has 0 unspecified atom stereocenters. The minimum atomic E-state index is -0.714. The summed E-state index contributed by atoms with van der Waals surface area (Å²) in [6.45, 7) is 1.09. The Hall–Kier alpha value is -1.86. The van der Waals surface area contributed by atoms with Crippen LogP contribution in [0.2, 0.25) is 5.02 Å². The summed E-state index contributed by atoms with van der Waals surface area (Å²) in [4.78, 5) is 0. The Bertz CT molecular complexity index is 654. The number of benzene rings is 2. The molecule has 0 aliphatic rings. The van der Waals surface area contributed by atoms with Gasteiger partial charge in [0, 0.05) is 24.2 Å². The second-order valence-electron chi connectivity index (χ2n) is 5.43. The standard InChI is InChI=1S/C18H21ClFNO4/c19-14-7-17(24-11-13-1-3-15(20)4-2-13)9-18(8-14)25-12-16(23)10-21-5-6-22/h1-4,7-9,16,21-23H,5-6,10-12H2/t16-/m1/s1. The number of nitrogens with one attached hydrogen (secondary N) is 1. The van der Waals surface area contributed by atoms with Crippen molar-refractivity contribution in [3.63, 3.8) is 0 Å². The van der Waals surface area contributed by atoms with Gasteiger partial charge < -0.3 is 25.0 Å². The molecule has 5 nitrogen and oxygen atoms in total. The molecule has 0 aliphatic carbocycles. The van der Waals surface area contributed by atoms with Gasteiger partial charge in [-0.05, 0) is 29.8 Å². The van der Waals surface area contributed by atoms with Gasteiger partial charge in [0.25, 0.3) is 0 Å². The summed E-state index contributed by atoms with van der Waals surface area (Å²) in [5.74, 6) is 0.691. The van der Waals surface area contributed by atoms with E-state index in [1.165, 1.54) is 12.1 Å². The van der Waals surface area contributed by atoms with Gasteiger partial charge in [-0.3, -0.25) is 0 Å². The fraction of sp³-hybridized carbons (Fsp3) is 0.333. The number of halogens is 2. The Morgan fingerprint density at radius 2 is 1.76 bits per heavy atom. The topological polar surface area (TPSA) is 71.0 Å². The lowest BCUT2D eigenvalue weighted by Crippen LogP contribution is -2.32. The van der Waals surface area contributed by atoms with Crippen LogP contribution in [-0.2, 0) is 6.61 Å². The van der Waals surface area contributed by atoms with Crippen molar-refractivity contribution in [2.45, 2.75) is 12.7 Å². The van der Waals surface area contributed by atoms with Gasteiger partial charge in [-0.15, -0.1) is 0 Å². The van der Waals surface area contributed by atoms with E-state index in [4.69, 9.17) is 26.2 Å². The third-order valence-corrected chi connectivity index (χ3v) is 3.49. The number of hydrogen-bond donors (Lipinski definition) is 3. The highest BCUT2D eigenvalue weighted by Gasteiger charge is 2.07. The first-order chi connectivity index (χ1) is 12.1. The second kappa shape index (κ2) is 10.2. The minimum absolute atomic E-state index is 0.0105. The van der Waals surface area contributed by atoms with E-state index in [1.807, 2.05) is 0 Å².